The second-order valence-corrected chi connectivity index (χ2v) is 4.14. The van der Waals surface area contributed by atoms with Crippen LogP contribution in [0.15, 0.2) is 30.9 Å². The Morgan fingerprint density at radius 1 is 1.28 bits per heavy atom. The van der Waals surface area contributed by atoms with Crippen LogP contribution in [0.5, 0.6) is 0 Å². The summed E-state index contributed by atoms with van der Waals surface area (Å²) in [5.74, 6) is 0. The smallest absolute Gasteiger partial charge is 0.180 e. The van der Waals surface area contributed by atoms with Gasteiger partial charge in [0.2, 0.25) is 0 Å². The molecule has 0 amide bonds. The summed E-state index contributed by atoms with van der Waals surface area (Å²) in [5.41, 5.74) is 2.87. The van der Waals surface area contributed by atoms with Gasteiger partial charge in [-0.25, -0.2) is 4.98 Å². The lowest BCUT2D eigenvalue weighted by molar-refractivity contribution is -0.0412. The highest BCUT2D eigenvalue weighted by molar-refractivity contribution is 5.84. The van der Waals surface area contributed by atoms with E-state index in [2.05, 4.69) is 15.1 Å². The quantitative estimate of drug-likeness (QED) is 0.586. The van der Waals surface area contributed by atoms with E-state index in [-0.39, 0.29) is 0 Å². The minimum Gasteiger partial charge on any atom is -0.364 e. The molecule has 0 unspecified atom stereocenters. The first-order chi connectivity index (χ1) is 8.65. The van der Waals surface area contributed by atoms with E-state index in [1.165, 1.54) is 0 Å². The molecule has 0 saturated heterocycles. The summed E-state index contributed by atoms with van der Waals surface area (Å²) in [4.78, 5) is 7.16. The Kier molecular flexibility index (Phi) is 2.39. The second kappa shape index (κ2) is 3.94. The molecule has 0 saturated carbocycles. The summed E-state index contributed by atoms with van der Waals surface area (Å²) in [6.07, 6.45) is 5.39. The fourth-order valence-electron chi connectivity index (χ4n) is 1.97. The molecule has 0 aromatic carbocycles. The molecule has 0 aliphatic carbocycles. The van der Waals surface area contributed by atoms with Gasteiger partial charge in [0.15, 0.2) is 6.29 Å². The third-order valence-corrected chi connectivity index (χ3v) is 2.88. The van der Waals surface area contributed by atoms with E-state index in [9.17, 15) is 10.2 Å². The van der Waals surface area contributed by atoms with Crippen molar-refractivity contribution in [2.45, 2.75) is 6.29 Å². The zero-order valence-electron chi connectivity index (χ0n) is 9.70. The third-order valence-electron chi connectivity index (χ3n) is 2.88. The standard InChI is InChI=1S/C12H12N4O2/c1-16-6-8(4-15-16)7-2-9-10(12(17)18)5-14-11(9)13-3-7/h2-6,12,17-18H,1H3,(H,13,14). The molecular formula is C12H12N4O2. The summed E-state index contributed by atoms with van der Waals surface area (Å²) in [5, 5.41) is 23.3. The Morgan fingerprint density at radius 2 is 2.11 bits per heavy atom. The average Bonchev–Trinajstić information content (AvgIpc) is 2.93. The predicted octanol–water partition coefficient (Wildman–Crippen LogP) is 0.947. The van der Waals surface area contributed by atoms with Crippen molar-refractivity contribution in [3.63, 3.8) is 0 Å². The molecule has 0 fully saturated rings. The van der Waals surface area contributed by atoms with Gasteiger partial charge in [-0.3, -0.25) is 4.68 Å². The van der Waals surface area contributed by atoms with Gasteiger partial charge in [0.25, 0.3) is 0 Å². The fraction of sp³-hybridized carbons (Fsp3) is 0.167. The van der Waals surface area contributed by atoms with Gasteiger partial charge < -0.3 is 15.2 Å². The highest BCUT2D eigenvalue weighted by Crippen LogP contribution is 2.26. The lowest BCUT2D eigenvalue weighted by Crippen LogP contribution is -1.92. The molecule has 6 nitrogen and oxygen atoms in total. The predicted molar refractivity (Wildman–Crippen MR) is 65.5 cm³/mol. The maximum Gasteiger partial charge on any atom is 0.180 e. The van der Waals surface area contributed by atoms with E-state index >= 15 is 0 Å². The lowest BCUT2D eigenvalue weighted by atomic mass is 10.1. The Morgan fingerprint density at radius 3 is 2.78 bits per heavy atom. The van der Waals surface area contributed by atoms with Crippen LogP contribution in [0.25, 0.3) is 22.2 Å². The van der Waals surface area contributed by atoms with Crippen molar-refractivity contribution in [3.05, 3.63) is 36.4 Å². The number of aliphatic hydroxyl groups excluding tert-OH is 1. The Bertz CT molecular complexity index is 699. The lowest BCUT2D eigenvalue weighted by Gasteiger charge is -2.02. The molecule has 3 heterocycles. The number of rotatable bonds is 2. The largest absolute Gasteiger partial charge is 0.364 e. The molecule has 3 aromatic heterocycles. The van der Waals surface area contributed by atoms with Crippen LogP contribution in [0.4, 0.5) is 0 Å². The number of aromatic amines is 1. The highest BCUT2D eigenvalue weighted by Gasteiger charge is 2.12. The zero-order chi connectivity index (χ0) is 12.7. The number of H-pyrrole nitrogens is 1. The summed E-state index contributed by atoms with van der Waals surface area (Å²) in [6.45, 7) is 0. The minimum absolute atomic E-state index is 0.420. The molecule has 0 radical (unpaired) electrons. The van der Waals surface area contributed by atoms with Gasteiger partial charge in [0, 0.05) is 47.7 Å². The first-order valence-electron chi connectivity index (χ1n) is 5.47. The number of aliphatic hydroxyl groups is 2. The van der Waals surface area contributed by atoms with E-state index in [1.54, 1.807) is 23.3 Å². The molecule has 0 spiro atoms. The van der Waals surface area contributed by atoms with Crippen LogP contribution in [0.3, 0.4) is 0 Å². The SMILES string of the molecule is Cn1cc(-c2cnc3[nH]cc(C(O)O)c3c2)cn1. The van der Waals surface area contributed by atoms with Crippen molar-refractivity contribution in [2.24, 2.45) is 7.05 Å². The van der Waals surface area contributed by atoms with Gasteiger partial charge in [-0.05, 0) is 6.07 Å². The van der Waals surface area contributed by atoms with Gasteiger partial charge in [0.05, 0.1) is 6.20 Å². The summed E-state index contributed by atoms with van der Waals surface area (Å²) in [6, 6.07) is 1.87. The maximum atomic E-state index is 9.27. The number of pyridine rings is 1. The number of fused-ring (bicyclic) bond motifs is 1. The number of nitrogens with one attached hydrogen (secondary N) is 1. The monoisotopic (exact) mass is 244 g/mol. The van der Waals surface area contributed by atoms with Crippen molar-refractivity contribution in [2.75, 3.05) is 0 Å². The van der Waals surface area contributed by atoms with E-state index in [4.69, 9.17) is 0 Å². The molecule has 3 aromatic rings. The van der Waals surface area contributed by atoms with Crippen molar-refractivity contribution in [1.29, 1.82) is 0 Å². The van der Waals surface area contributed by atoms with Crippen molar-refractivity contribution >= 4 is 11.0 Å². The van der Waals surface area contributed by atoms with Gasteiger partial charge in [-0.1, -0.05) is 0 Å². The Labute approximate surface area is 103 Å². The zero-order valence-corrected chi connectivity index (χ0v) is 9.70. The van der Waals surface area contributed by atoms with Crippen LogP contribution in [-0.4, -0.2) is 30.0 Å². The molecule has 18 heavy (non-hydrogen) atoms. The maximum absolute atomic E-state index is 9.27. The minimum atomic E-state index is -1.51. The first kappa shape index (κ1) is 10.9. The third kappa shape index (κ3) is 1.68. The fourth-order valence-corrected chi connectivity index (χ4v) is 1.97. The molecule has 0 atom stereocenters. The summed E-state index contributed by atoms with van der Waals surface area (Å²) < 4.78 is 1.71. The number of hydrogen-bond acceptors (Lipinski definition) is 4. The van der Waals surface area contributed by atoms with E-state index in [0.717, 1.165) is 11.1 Å². The molecule has 0 aliphatic heterocycles. The molecule has 92 valence electrons. The Balaban J connectivity index is 2.17. The molecule has 6 heteroatoms. The van der Waals surface area contributed by atoms with Crippen molar-refractivity contribution < 1.29 is 10.2 Å². The summed E-state index contributed by atoms with van der Waals surface area (Å²) in [7, 11) is 1.84. The van der Waals surface area contributed by atoms with Gasteiger partial charge in [-0.2, -0.15) is 5.10 Å². The highest BCUT2D eigenvalue weighted by atomic mass is 16.5. The molecule has 3 N–H and O–H groups in total. The van der Waals surface area contributed by atoms with Gasteiger partial charge >= 0.3 is 0 Å². The van der Waals surface area contributed by atoms with E-state index in [1.807, 2.05) is 19.3 Å². The first-order valence-corrected chi connectivity index (χ1v) is 5.47. The van der Waals surface area contributed by atoms with Crippen LogP contribution in [-0.2, 0) is 7.05 Å². The van der Waals surface area contributed by atoms with Crippen molar-refractivity contribution in [3.8, 4) is 11.1 Å². The molecule has 3 rings (SSSR count). The van der Waals surface area contributed by atoms with E-state index in [0.29, 0.717) is 16.6 Å². The number of aryl methyl sites for hydroxylation is 1. The molecular weight excluding hydrogens is 232 g/mol. The van der Waals surface area contributed by atoms with Gasteiger partial charge in [0.1, 0.15) is 5.65 Å². The second-order valence-electron chi connectivity index (χ2n) is 4.14. The van der Waals surface area contributed by atoms with Gasteiger partial charge in [-0.15, -0.1) is 0 Å². The Hall–Kier alpha value is -2.18. The van der Waals surface area contributed by atoms with Crippen LogP contribution >= 0.6 is 0 Å². The number of nitrogens with zero attached hydrogens (tertiary/aromatic N) is 3. The van der Waals surface area contributed by atoms with Crippen LogP contribution in [0, 0.1) is 0 Å². The van der Waals surface area contributed by atoms with Crippen LogP contribution in [0.1, 0.15) is 11.9 Å². The van der Waals surface area contributed by atoms with E-state index < -0.39 is 6.29 Å². The topological polar surface area (TPSA) is 87.0 Å². The van der Waals surface area contributed by atoms with Crippen LogP contribution < -0.4 is 0 Å². The number of aromatic nitrogens is 4. The normalized spacial score (nSPS) is 11.6. The van der Waals surface area contributed by atoms with Crippen LogP contribution in [0.2, 0.25) is 0 Å². The molecule has 0 aliphatic rings. The summed E-state index contributed by atoms with van der Waals surface area (Å²) >= 11 is 0. The molecule has 0 bridgehead atoms. The number of hydrogen-bond donors (Lipinski definition) is 3. The average molecular weight is 244 g/mol. The van der Waals surface area contributed by atoms with Crippen molar-refractivity contribution in [1.82, 2.24) is 19.7 Å².